The van der Waals surface area contributed by atoms with Gasteiger partial charge in [-0.1, -0.05) is 6.07 Å². The van der Waals surface area contributed by atoms with Crippen molar-refractivity contribution in [1.29, 1.82) is 0 Å². The largest absolute Gasteiger partial charge is 0.326 e. The van der Waals surface area contributed by atoms with E-state index in [2.05, 4.69) is 10.8 Å². The third kappa shape index (κ3) is 3.30. The summed E-state index contributed by atoms with van der Waals surface area (Å²) in [6.45, 7) is 2.19. The standard InChI is InChI=1S/C13H16N2O3/c1-2-18-15-13(17)10-4-3-5-11(8-10)14-12(16)9-6-7-9/h3-5,8-9H,2,6-7H2,1H3,(H,14,16)(H,15,17). The molecule has 5 nitrogen and oxygen atoms in total. The Morgan fingerprint density at radius 2 is 2.17 bits per heavy atom. The molecule has 1 aliphatic carbocycles. The van der Waals surface area contributed by atoms with E-state index in [0.717, 1.165) is 12.8 Å². The van der Waals surface area contributed by atoms with E-state index in [0.29, 0.717) is 17.9 Å². The first-order valence-electron chi connectivity index (χ1n) is 6.03. The summed E-state index contributed by atoms with van der Waals surface area (Å²) >= 11 is 0. The van der Waals surface area contributed by atoms with Crippen LogP contribution in [-0.2, 0) is 9.63 Å². The molecule has 0 unspecified atom stereocenters. The highest BCUT2D eigenvalue weighted by Crippen LogP contribution is 2.30. The Morgan fingerprint density at radius 3 is 2.83 bits per heavy atom. The lowest BCUT2D eigenvalue weighted by atomic mass is 10.2. The summed E-state index contributed by atoms with van der Waals surface area (Å²) < 4.78 is 0. The molecule has 0 saturated heterocycles. The van der Waals surface area contributed by atoms with Gasteiger partial charge in [-0.15, -0.1) is 0 Å². The van der Waals surface area contributed by atoms with Gasteiger partial charge in [0.1, 0.15) is 0 Å². The maximum Gasteiger partial charge on any atom is 0.274 e. The van der Waals surface area contributed by atoms with E-state index in [1.165, 1.54) is 0 Å². The van der Waals surface area contributed by atoms with Crippen molar-refractivity contribution in [3.05, 3.63) is 29.8 Å². The molecule has 0 atom stereocenters. The molecule has 1 saturated carbocycles. The summed E-state index contributed by atoms with van der Waals surface area (Å²) in [5.74, 6) is -0.150. The van der Waals surface area contributed by atoms with E-state index in [4.69, 9.17) is 4.84 Å². The summed E-state index contributed by atoms with van der Waals surface area (Å²) in [6, 6.07) is 6.79. The number of hydrogen-bond acceptors (Lipinski definition) is 3. The van der Waals surface area contributed by atoms with Crippen molar-refractivity contribution >= 4 is 17.5 Å². The summed E-state index contributed by atoms with van der Waals surface area (Å²) in [5.41, 5.74) is 3.40. The van der Waals surface area contributed by atoms with Gasteiger partial charge in [-0.25, -0.2) is 5.48 Å². The van der Waals surface area contributed by atoms with E-state index >= 15 is 0 Å². The predicted molar refractivity (Wildman–Crippen MR) is 66.9 cm³/mol. The van der Waals surface area contributed by atoms with Crippen molar-refractivity contribution in [2.24, 2.45) is 5.92 Å². The molecule has 1 aromatic rings. The lowest BCUT2D eigenvalue weighted by Crippen LogP contribution is -2.23. The smallest absolute Gasteiger partial charge is 0.274 e. The Balaban J connectivity index is 1.99. The van der Waals surface area contributed by atoms with Crippen LogP contribution >= 0.6 is 0 Å². The number of hydrogen-bond donors (Lipinski definition) is 2. The van der Waals surface area contributed by atoms with Gasteiger partial charge >= 0.3 is 0 Å². The van der Waals surface area contributed by atoms with E-state index in [1.54, 1.807) is 31.2 Å². The molecule has 1 aromatic carbocycles. The predicted octanol–water partition coefficient (Wildman–Crippen LogP) is 1.72. The van der Waals surface area contributed by atoms with Crippen LogP contribution in [0.2, 0.25) is 0 Å². The fourth-order valence-electron chi connectivity index (χ4n) is 1.52. The topological polar surface area (TPSA) is 67.4 Å². The Kier molecular flexibility index (Phi) is 3.94. The van der Waals surface area contributed by atoms with E-state index in [9.17, 15) is 9.59 Å². The normalized spacial score (nSPS) is 14.1. The van der Waals surface area contributed by atoms with Crippen LogP contribution in [0.5, 0.6) is 0 Å². The van der Waals surface area contributed by atoms with Gasteiger partial charge in [-0.05, 0) is 38.0 Å². The van der Waals surface area contributed by atoms with Gasteiger partial charge in [0.15, 0.2) is 0 Å². The molecule has 5 heteroatoms. The quantitative estimate of drug-likeness (QED) is 0.779. The van der Waals surface area contributed by atoms with Crippen molar-refractivity contribution in [1.82, 2.24) is 5.48 Å². The van der Waals surface area contributed by atoms with Gasteiger partial charge in [0.2, 0.25) is 5.91 Å². The van der Waals surface area contributed by atoms with Crippen molar-refractivity contribution in [3.8, 4) is 0 Å². The Morgan fingerprint density at radius 1 is 1.39 bits per heavy atom. The highest BCUT2D eigenvalue weighted by molar-refractivity contribution is 5.97. The van der Waals surface area contributed by atoms with Crippen molar-refractivity contribution in [2.45, 2.75) is 19.8 Å². The highest BCUT2D eigenvalue weighted by Gasteiger charge is 2.29. The van der Waals surface area contributed by atoms with Crippen LogP contribution in [0, 0.1) is 5.92 Å². The molecule has 2 N–H and O–H groups in total. The number of benzene rings is 1. The minimum absolute atomic E-state index is 0.0253. The summed E-state index contributed by atoms with van der Waals surface area (Å²) in [5, 5.41) is 2.80. The second kappa shape index (κ2) is 5.64. The maximum absolute atomic E-state index is 11.6. The van der Waals surface area contributed by atoms with Crippen LogP contribution in [-0.4, -0.2) is 18.4 Å². The van der Waals surface area contributed by atoms with Crippen LogP contribution in [0.25, 0.3) is 0 Å². The molecule has 0 bridgehead atoms. The fourth-order valence-corrected chi connectivity index (χ4v) is 1.52. The Bertz CT molecular complexity index is 455. The molecule has 1 aliphatic rings. The van der Waals surface area contributed by atoms with E-state index in [-0.39, 0.29) is 17.7 Å². The van der Waals surface area contributed by atoms with Gasteiger partial charge in [-0.3, -0.25) is 14.4 Å². The maximum atomic E-state index is 11.6. The van der Waals surface area contributed by atoms with Crippen molar-refractivity contribution in [2.75, 3.05) is 11.9 Å². The second-order valence-corrected chi connectivity index (χ2v) is 4.21. The first kappa shape index (κ1) is 12.6. The highest BCUT2D eigenvalue weighted by atomic mass is 16.6. The van der Waals surface area contributed by atoms with Crippen LogP contribution < -0.4 is 10.8 Å². The zero-order valence-corrected chi connectivity index (χ0v) is 10.2. The fraction of sp³-hybridized carbons (Fsp3) is 0.385. The number of hydroxylamine groups is 1. The number of rotatable bonds is 5. The molecule has 0 radical (unpaired) electrons. The van der Waals surface area contributed by atoms with E-state index in [1.807, 2.05) is 0 Å². The first-order valence-corrected chi connectivity index (χ1v) is 6.03. The van der Waals surface area contributed by atoms with Gasteiger partial charge in [0, 0.05) is 17.2 Å². The zero-order chi connectivity index (χ0) is 13.0. The number of carbonyl (C=O) groups is 2. The van der Waals surface area contributed by atoms with Crippen molar-refractivity contribution < 1.29 is 14.4 Å². The monoisotopic (exact) mass is 248 g/mol. The molecule has 96 valence electrons. The summed E-state index contributed by atoms with van der Waals surface area (Å²) in [6.07, 6.45) is 1.91. The third-order valence-electron chi connectivity index (χ3n) is 2.65. The molecule has 18 heavy (non-hydrogen) atoms. The molecule has 2 amide bonds. The molecular formula is C13H16N2O3. The van der Waals surface area contributed by atoms with E-state index < -0.39 is 0 Å². The number of carbonyl (C=O) groups excluding carboxylic acids is 2. The average molecular weight is 248 g/mol. The summed E-state index contributed by atoms with van der Waals surface area (Å²) in [4.78, 5) is 28.1. The minimum Gasteiger partial charge on any atom is -0.326 e. The second-order valence-electron chi connectivity index (χ2n) is 4.21. The van der Waals surface area contributed by atoms with Crippen molar-refractivity contribution in [3.63, 3.8) is 0 Å². The van der Waals surface area contributed by atoms with Crippen LogP contribution in [0.4, 0.5) is 5.69 Å². The Labute approximate surface area is 105 Å². The lowest BCUT2D eigenvalue weighted by molar-refractivity contribution is -0.117. The van der Waals surface area contributed by atoms with Crippen LogP contribution in [0.1, 0.15) is 30.1 Å². The summed E-state index contributed by atoms with van der Waals surface area (Å²) in [7, 11) is 0. The average Bonchev–Trinajstić information content (AvgIpc) is 3.20. The third-order valence-corrected chi connectivity index (χ3v) is 2.65. The molecule has 1 fully saturated rings. The van der Waals surface area contributed by atoms with Gasteiger partial charge in [0.05, 0.1) is 6.61 Å². The molecule has 0 aliphatic heterocycles. The lowest BCUT2D eigenvalue weighted by Gasteiger charge is -2.07. The first-order chi connectivity index (χ1) is 8.70. The molecule has 2 rings (SSSR count). The molecule has 0 aromatic heterocycles. The minimum atomic E-state index is -0.320. The Hall–Kier alpha value is -1.88. The van der Waals surface area contributed by atoms with Gasteiger partial charge in [0.25, 0.3) is 5.91 Å². The van der Waals surface area contributed by atoms with Crippen LogP contribution in [0.3, 0.4) is 0 Å². The number of nitrogens with one attached hydrogen (secondary N) is 2. The van der Waals surface area contributed by atoms with Gasteiger partial charge in [-0.2, -0.15) is 0 Å². The number of amides is 2. The molecule has 0 heterocycles. The van der Waals surface area contributed by atoms with Crippen LogP contribution in [0.15, 0.2) is 24.3 Å². The molecular weight excluding hydrogens is 232 g/mol. The molecule has 0 spiro atoms. The van der Waals surface area contributed by atoms with Gasteiger partial charge < -0.3 is 5.32 Å². The zero-order valence-electron chi connectivity index (χ0n) is 10.2. The number of anilines is 1. The SMILES string of the molecule is CCONC(=O)c1cccc(NC(=O)C2CC2)c1.